The van der Waals surface area contributed by atoms with E-state index < -0.39 is 5.97 Å². The minimum absolute atomic E-state index is 0.250. The van der Waals surface area contributed by atoms with Crippen molar-refractivity contribution in [3.05, 3.63) is 35.7 Å². The van der Waals surface area contributed by atoms with Crippen LogP contribution < -0.4 is 4.74 Å². The molecule has 20 heavy (non-hydrogen) atoms. The zero-order chi connectivity index (χ0) is 14.4. The monoisotopic (exact) mass is 293 g/mol. The molecule has 2 rings (SSSR count). The number of nitrogens with one attached hydrogen (secondary N) is 1. The van der Waals surface area contributed by atoms with E-state index in [4.69, 9.17) is 9.84 Å². The van der Waals surface area contributed by atoms with Crippen LogP contribution in [0.15, 0.2) is 29.4 Å². The van der Waals surface area contributed by atoms with E-state index in [0.717, 1.165) is 18.0 Å². The summed E-state index contributed by atoms with van der Waals surface area (Å²) in [6.07, 6.45) is 0.833. The predicted octanol–water partition coefficient (Wildman–Crippen LogP) is 2.24. The van der Waals surface area contributed by atoms with Crippen molar-refractivity contribution in [2.45, 2.75) is 18.5 Å². The molecule has 0 saturated heterocycles. The van der Waals surface area contributed by atoms with Gasteiger partial charge >= 0.3 is 5.97 Å². The van der Waals surface area contributed by atoms with Gasteiger partial charge in [0.1, 0.15) is 11.6 Å². The molecule has 0 aliphatic heterocycles. The molecule has 0 bridgehead atoms. The predicted molar refractivity (Wildman–Crippen MR) is 75.4 cm³/mol. The van der Waals surface area contributed by atoms with Crippen LogP contribution in [-0.2, 0) is 6.42 Å². The summed E-state index contributed by atoms with van der Waals surface area (Å²) in [6, 6.07) is 6.34. The van der Waals surface area contributed by atoms with Gasteiger partial charge in [0.15, 0.2) is 0 Å². The molecule has 0 fully saturated rings. The molecule has 0 atom stereocenters. The van der Waals surface area contributed by atoms with Crippen molar-refractivity contribution in [2.75, 3.05) is 12.4 Å². The van der Waals surface area contributed by atoms with Gasteiger partial charge in [-0.25, -0.2) is 9.78 Å². The van der Waals surface area contributed by atoms with Crippen molar-refractivity contribution >= 4 is 17.7 Å². The lowest BCUT2D eigenvalue weighted by atomic mass is 10.2. The quantitative estimate of drug-likeness (QED) is 0.601. The summed E-state index contributed by atoms with van der Waals surface area (Å²) in [5, 5.41) is 16.4. The van der Waals surface area contributed by atoms with Crippen LogP contribution in [0.2, 0.25) is 0 Å². The number of carbonyl (C=O) groups is 1. The molecule has 1 aromatic heterocycles. The number of rotatable bonds is 7. The van der Waals surface area contributed by atoms with Gasteiger partial charge in [0, 0.05) is 12.2 Å². The topological polar surface area (TPSA) is 88.1 Å². The number of carboxylic acids is 1. The number of H-pyrrole nitrogens is 1. The van der Waals surface area contributed by atoms with Gasteiger partial charge in [0.2, 0.25) is 5.16 Å². The molecule has 106 valence electrons. The number of ether oxygens (including phenoxy) is 1. The third-order valence-corrected chi connectivity index (χ3v) is 3.34. The first-order valence-corrected chi connectivity index (χ1v) is 7.18. The number of thioether (sulfide) groups is 1. The van der Waals surface area contributed by atoms with Crippen LogP contribution in [-0.4, -0.2) is 38.6 Å². The van der Waals surface area contributed by atoms with Gasteiger partial charge in [-0.15, -0.1) is 5.10 Å². The molecule has 0 saturated carbocycles. The van der Waals surface area contributed by atoms with Crippen molar-refractivity contribution in [1.82, 2.24) is 15.2 Å². The average Bonchev–Trinajstić information content (AvgIpc) is 2.92. The van der Waals surface area contributed by atoms with Crippen LogP contribution in [0.5, 0.6) is 5.75 Å². The number of carboxylic acid groups (broad SMARTS) is 1. The van der Waals surface area contributed by atoms with Gasteiger partial charge in [-0.2, -0.15) is 0 Å². The smallest absolute Gasteiger partial charge is 0.335 e. The maximum absolute atomic E-state index is 10.7. The number of hydrogen-bond donors (Lipinski definition) is 2. The SMILES string of the molecule is CCc1nc(SCCOc2ccc(C(=O)O)cc2)n[nH]1. The molecule has 0 aliphatic carbocycles. The Morgan fingerprint density at radius 3 is 2.75 bits per heavy atom. The second-order valence-corrected chi connectivity index (χ2v) is 5.01. The molecule has 0 spiro atoms. The largest absolute Gasteiger partial charge is 0.493 e. The van der Waals surface area contributed by atoms with Crippen molar-refractivity contribution in [2.24, 2.45) is 0 Å². The Kier molecular flexibility index (Phi) is 5.00. The van der Waals surface area contributed by atoms with Crippen LogP contribution in [0.1, 0.15) is 23.1 Å². The lowest BCUT2D eigenvalue weighted by Gasteiger charge is -2.05. The van der Waals surface area contributed by atoms with Crippen molar-refractivity contribution in [1.29, 1.82) is 0 Å². The van der Waals surface area contributed by atoms with Crippen LogP contribution in [0, 0.1) is 0 Å². The van der Waals surface area contributed by atoms with E-state index in [-0.39, 0.29) is 5.56 Å². The molecule has 7 heteroatoms. The normalized spacial score (nSPS) is 10.4. The number of hydrogen-bond acceptors (Lipinski definition) is 5. The number of aromatic amines is 1. The second-order valence-electron chi connectivity index (χ2n) is 3.94. The Morgan fingerprint density at radius 2 is 2.15 bits per heavy atom. The summed E-state index contributed by atoms with van der Waals surface area (Å²) in [5.41, 5.74) is 0.250. The Labute approximate surface area is 120 Å². The van der Waals surface area contributed by atoms with Gasteiger partial charge < -0.3 is 9.84 Å². The number of nitrogens with zero attached hydrogens (tertiary/aromatic N) is 2. The maximum atomic E-state index is 10.7. The van der Waals surface area contributed by atoms with Crippen molar-refractivity contribution < 1.29 is 14.6 Å². The molecule has 0 radical (unpaired) electrons. The second kappa shape index (κ2) is 6.95. The first-order chi connectivity index (χ1) is 9.69. The minimum atomic E-state index is -0.941. The summed E-state index contributed by atoms with van der Waals surface area (Å²) in [4.78, 5) is 15.0. The van der Waals surface area contributed by atoms with Crippen LogP contribution in [0.25, 0.3) is 0 Å². The number of aromatic nitrogens is 3. The molecule has 0 amide bonds. The molecular weight excluding hydrogens is 278 g/mol. The molecule has 0 unspecified atom stereocenters. The maximum Gasteiger partial charge on any atom is 0.335 e. The molecule has 6 nitrogen and oxygen atoms in total. The fourth-order valence-electron chi connectivity index (χ4n) is 1.49. The summed E-state index contributed by atoms with van der Waals surface area (Å²) >= 11 is 1.51. The molecule has 2 N–H and O–H groups in total. The summed E-state index contributed by atoms with van der Waals surface area (Å²) in [7, 11) is 0. The minimum Gasteiger partial charge on any atom is -0.493 e. The van der Waals surface area contributed by atoms with Crippen LogP contribution >= 0.6 is 11.8 Å². The van der Waals surface area contributed by atoms with Gasteiger partial charge in [-0.3, -0.25) is 5.10 Å². The number of aromatic carboxylic acids is 1. The van der Waals surface area contributed by atoms with Crippen LogP contribution in [0.3, 0.4) is 0 Å². The highest BCUT2D eigenvalue weighted by Gasteiger charge is 2.04. The van der Waals surface area contributed by atoms with Gasteiger partial charge in [-0.05, 0) is 24.3 Å². The van der Waals surface area contributed by atoms with E-state index in [1.54, 1.807) is 12.1 Å². The first kappa shape index (κ1) is 14.4. The number of benzene rings is 1. The Balaban J connectivity index is 1.74. The summed E-state index contributed by atoms with van der Waals surface area (Å²) in [6.45, 7) is 2.52. The molecule has 1 heterocycles. The third-order valence-electron chi connectivity index (χ3n) is 2.53. The molecular formula is C13H15N3O3S. The zero-order valence-corrected chi connectivity index (χ0v) is 11.8. The lowest BCUT2D eigenvalue weighted by Crippen LogP contribution is -2.01. The van der Waals surface area contributed by atoms with E-state index in [2.05, 4.69) is 15.2 Å². The fourth-order valence-corrected chi connectivity index (χ4v) is 2.12. The highest BCUT2D eigenvalue weighted by molar-refractivity contribution is 7.99. The Morgan fingerprint density at radius 1 is 1.40 bits per heavy atom. The van der Waals surface area contributed by atoms with Crippen LogP contribution in [0.4, 0.5) is 0 Å². The summed E-state index contributed by atoms with van der Waals surface area (Å²) in [5.74, 6) is 1.31. The van der Waals surface area contributed by atoms with E-state index in [1.807, 2.05) is 6.92 Å². The zero-order valence-electron chi connectivity index (χ0n) is 11.0. The van der Waals surface area contributed by atoms with E-state index in [0.29, 0.717) is 17.5 Å². The van der Waals surface area contributed by atoms with E-state index in [1.165, 1.54) is 23.9 Å². The highest BCUT2D eigenvalue weighted by atomic mass is 32.2. The van der Waals surface area contributed by atoms with Crippen molar-refractivity contribution in [3.63, 3.8) is 0 Å². The fraction of sp³-hybridized carbons (Fsp3) is 0.308. The third kappa shape index (κ3) is 3.99. The highest BCUT2D eigenvalue weighted by Crippen LogP contribution is 2.15. The average molecular weight is 293 g/mol. The van der Waals surface area contributed by atoms with Crippen molar-refractivity contribution in [3.8, 4) is 5.75 Å². The first-order valence-electron chi connectivity index (χ1n) is 6.19. The summed E-state index contributed by atoms with van der Waals surface area (Å²) < 4.78 is 5.52. The number of aryl methyl sites for hydroxylation is 1. The Bertz CT molecular complexity index is 568. The van der Waals surface area contributed by atoms with E-state index >= 15 is 0 Å². The molecule has 1 aromatic carbocycles. The lowest BCUT2D eigenvalue weighted by molar-refractivity contribution is 0.0697. The van der Waals surface area contributed by atoms with Gasteiger partial charge in [-0.1, -0.05) is 18.7 Å². The Hall–Kier alpha value is -2.02. The van der Waals surface area contributed by atoms with Gasteiger partial charge in [0.05, 0.1) is 12.2 Å². The van der Waals surface area contributed by atoms with E-state index in [9.17, 15) is 4.79 Å². The standard InChI is InChI=1S/C13H15N3O3S/c1-2-11-14-13(16-15-11)20-8-7-19-10-5-3-9(4-6-10)12(17)18/h3-6H,2,7-8H2,1H3,(H,17,18)(H,14,15,16). The molecule has 0 aliphatic rings. The van der Waals surface area contributed by atoms with Gasteiger partial charge in [0.25, 0.3) is 0 Å². The molecule has 2 aromatic rings.